The molecule has 0 radical (unpaired) electrons. The molecule has 0 saturated carbocycles. The molecule has 0 spiro atoms. The fourth-order valence-corrected chi connectivity index (χ4v) is 2.14. The predicted octanol–water partition coefficient (Wildman–Crippen LogP) is 2.85. The fraction of sp³-hybridized carbons (Fsp3) is 0.231. The van der Waals surface area contributed by atoms with E-state index in [1.54, 1.807) is 23.9 Å². The molecule has 0 fully saturated rings. The van der Waals surface area contributed by atoms with Gasteiger partial charge >= 0.3 is 6.18 Å². The zero-order valence-electron chi connectivity index (χ0n) is 10.3. The quantitative estimate of drug-likeness (QED) is 0.899. The van der Waals surface area contributed by atoms with Gasteiger partial charge in [0, 0.05) is 30.6 Å². The van der Waals surface area contributed by atoms with E-state index in [2.05, 4.69) is 5.43 Å². The SMILES string of the molecule is CNn1c(CN)c(C=CC(F)(F)F)c2ccccc21. The molecule has 1 aromatic heterocycles. The number of aromatic nitrogens is 1. The minimum atomic E-state index is -4.34. The van der Waals surface area contributed by atoms with Crippen molar-refractivity contribution < 1.29 is 13.2 Å². The summed E-state index contributed by atoms with van der Waals surface area (Å²) in [6, 6.07) is 7.22. The fourth-order valence-electron chi connectivity index (χ4n) is 2.14. The number of nitrogens with one attached hydrogen (secondary N) is 1. The van der Waals surface area contributed by atoms with Gasteiger partial charge in [-0.2, -0.15) is 13.2 Å². The van der Waals surface area contributed by atoms with Gasteiger partial charge in [0.15, 0.2) is 0 Å². The van der Waals surface area contributed by atoms with E-state index < -0.39 is 6.18 Å². The Labute approximate surface area is 108 Å². The Hall–Kier alpha value is -1.95. The lowest BCUT2D eigenvalue weighted by molar-refractivity contribution is -0.0790. The second kappa shape index (κ2) is 4.97. The smallest absolute Gasteiger partial charge is 0.329 e. The van der Waals surface area contributed by atoms with Crippen LogP contribution in [0.15, 0.2) is 30.3 Å². The van der Waals surface area contributed by atoms with Crippen molar-refractivity contribution in [3.63, 3.8) is 0 Å². The van der Waals surface area contributed by atoms with Gasteiger partial charge in [0.25, 0.3) is 0 Å². The molecule has 2 aromatic rings. The lowest BCUT2D eigenvalue weighted by Gasteiger charge is -2.08. The van der Waals surface area contributed by atoms with E-state index >= 15 is 0 Å². The van der Waals surface area contributed by atoms with Gasteiger partial charge in [0.2, 0.25) is 0 Å². The summed E-state index contributed by atoms with van der Waals surface area (Å²) < 4.78 is 38.7. The number of hydrogen-bond donors (Lipinski definition) is 2. The Morgan fingerprint density at radius 2 is 2.00 bits per heavy atom. The normalized spacial score (nSPS) is 12.5. The molecule has 1 heterocycles. The van der Waals surface area contributed by atoms with Gasteiger partial charge in [0.1, 0.15) is 0 Å². The molecule has 1 aromatic carbocycles. The van der Waals surface area contributed by atoms with Gasteiger partial charge in [0.05, 0.1) is 11.2 Å². The third-order valence-electron chi connectivity index (χ3n) is 2.87. The van der Waals surface area contributed by atoms with Crippen LogP contribution >= 0.6 is 0 Å². The van der Waals surface area contributed by atoms with E-state index in [1.165, 1.54) is 0 Å². The van der Waals surface area contributed by atoms with Crippen molar-refractivity contribution in [3.8, 4) is 0 Å². The maximum Gasteiger partial charge on any atom is 0.409 e. The Morgan fingerprint density at radius 3 is 2.58 bits per heavy atom. The number of nitrogens with zero attached hydrogens (tertiary/aromatic N) is 1. The Bertz CT molecular complexity index is 611. The summed E-state index contributed by atoms with van der Waals surface area (Å²) in [6.07, 6.45) is -3.04. The van der Waals surface area contributed by atoms with Gasteiger partial charge in [-0.15, -0.1) is 0 Å². The predicted molar refractivity (Wildman–Crippen MR) is 70.2 cm³/mol. The summed E-state index contributed by atoms with van der Waals surface area (Å²) in [6.45, 7) is 0.146. The first kappa shape index (κ1) is 13.5. The number of nitrogens with two attached hydrogens (primary N) is 1. The van der Waals surface area contributed by atoms with Crippen LogP contribution in [0.1, 0.15) is 11.3 Å². The van der Waals surface area contributed by atoms with Crippen LogP contribution in [0.4, 0.5) is 13.2 Å². The molecule has 3 nitrogen and oxygen atoms in total. The molecule has 19 heavy (non-hydrogen) atoms. The van der Waals surface area contributed by atoms with Crippen LogP contribution in [-0.2, 0) is 6.54 Å². The van der Waals surface area contributed by atoms with Gasteiger partial charge in [-0.3, -0.25) is 4.68 Å². The van der Waals surface area contributed by atoms with Crippen LogP contribution < -0.4 is 11.2 Å². The molecule has 2 rings (SSSR count). The van der Waals surface area contributed by atoms with E-state index in [-0.39, 0.29) is 12.6 Å². The number of benzene rings is 1. The Balaban J connectivity index is 2.68. The molecule has 0 aliphatic heterocycles. The third-order valence-corrected chi connectivity index (χ3v) is 2.87. The average Bonchev–Trinajstić information content (AvgIpc) is 2.68. The van der Waals surface area contributed by atoms with Crippen molar-refractivity contribution >= 4 is 17.0 Å². The van der Waals surface area contributed by atoms with Gasteiger partial charge in [-0.25, -0.2) is 0 Å². The van der Waals surface area contributed by atoms with Crippen molar-refractivity contribution in [1.29, 1.82) is 0 Å². The van der Waals surface area contributed by atoms with Crippen LogP contribution in [0.3, 0.4) is 0 Å². The van der Waals surface area contributed by atoms with Crippen molar-refractivity contribution in [2.45, 2.75) is 12.7 Å². The van der Waals surface area contributed by atoms with Crippen molar-refractivity contribution in [2.24, 2.45) is 5.73 Å². The molecule has 0 amide bonds. The van der Waals surface area contributed by atoms with E-state index in [0.29, 0.717) is 11.3 Å². The minimum Gasteiger partial charge on any atom is -0.329 e. The number of para-hydroxylation sites is 1. The summed E-state index contributed by atoms with van der Waals surface area (Å²) in [7, 11) is 1.70. The summed E-state index contributed by atoms with van der Waals surface area (Å²) >= 11 is 0. The van der Waals surface area contributed by atoms with E-state index in [4.69, 9.17) is 5.73 Å². The summed E-state index contributed by atoms with van der Waals surface area (Å²) in [5.74, 6) is 0. The third kappa shape index (κ3) is 2.58. The summed E-state index contributed by atoms with van der Waals surface area (Å²) in [4.78, 5) is 0. The highest BCUT2D eigenvalue weighted by molar-refractivity contribution is 5.91. The lowest BCUT2D eigenvalue weighted by Crippen LogP contribution is -2.15. The molecule has 6 heteroatoms. The van der Waals surface area contributed by atoms with Crippen LogP contribution in [0.5, 0.6) is 0 Å². The first-order chi connectivity index (χ1) is 8.98. The number of allylic oxidation sites excluding steroid dienone is 1. The lowest BCUT2D eigenvalue weighted by atomic mass is 10.1. The highest BCUT2D eigenvalue weighted by Gasteiger charge is 2.23. The molecule has 0 aliphatic carbocycles. The molecule has 0 atom stereocenters. The standard InChI is InChI=1S/C13H14F3N3/c1-18-19-11-5-3-2-4-9(11)10(12(19)8-17)6-7-13(14,15)16/h2-7,18H,8,17H2,1H3. The van der Waals surface area contributed by atoms with Crippen LogP contribution in [0.2, 0.25) is 0 Å². The molecular formula is C13H14F3N3. The largest absolute Gasteiger partial charge is 0.409 e. The second-order valence-corrected chi connectivity index (χ2v) is 4.02. The topological polar surface area (TPSA) is 43.0 Å². The second-order valence-electron chi connectivity index (χ2n) is 4.02. The number of halogens is 3. The van der Waals surface area contributed by atoms with Crippen LogP contribution in [0.25, 0.3) is 17.0 Å². The molecule has 0 unspecified atom stereocenters. The highest BCUT2D eigenvalue weighted by Crippen LogP contribution is 2.28. The number of fused-ring (bicyclic) bond motifs is 1. The summed E-state index contributed by atoms with van der Waals surface area (Å²) in [5.41, 5.74) is 10.5. The van der Waals surface area contributed by atoms with Crippen LogP contribution in [0, 0.1) is 0 Å². The molecule has 3 N–H and O–H groups in total. The zero-order chi connectivity index (χ0) is 14.0. The highest BCUT2D eigenvalue weighted by atomic mass is 19.4. The Morgan fingerprint density at radius 1 is 1.32 bits per heavy atom. The molecule has 0 aliphatic rings. The molecule has 102 valence electrons. The minimum absolute atomic E-state index is 0.146. The van der Waals surface area contributed by atoms with Crippen molar-refractivity contribution in [3.05, 3.63) is 41.6 Å². The van der Waals surface area contributed by atoms with Crippen molar-refractivity contribution in [2.75, 3.05) is 12.5 Å². The maximum atomic E-state index is 12.3. The number of alkyl halides is 3. The van der Waals surface area contributed by atoms with E-state index in [9.17, 15) is 13.2 Å². The monoisotopic (exact) mass is 269 g/mol. The molecule has 0 saturated heterocycles. The first-order valence-corrected chi connectivity index (χ1v) is 5.74. The molecular weight excluding hydrogens is 255 g/mol. The maximum absolute atomic E-state index is 12.3. The number of hydrogen-bond acceptors (Lipinski definition) is 2. The first-order valence-electron chi connectivity index (χ1n) is 5.74. The number of rotatable bonds is 3. The van der Waals surface area contributed by atoms with Crippen molar-refractivity contribution in [1.82, 2.24) is 4.68 Å². The van der Waals surface area contributed by atoms with E-state index in [1.807, 2.05) is 12.1 Å². The van der Waals surface area contributed by atoms with Gasteiger partial charge < -0.3 is 11.2 Å². The Kier molecular flexibility index (Phi) is 3.53. The molecule has 0 bridgehead atoms. The zero-order valence-corrected chi connectivity index (χ0v) is 10.3. The van der Waals surface area contributed by atoms with Gasteiger partial charge in [-0.1, -0.05) is 18.2 Å². The summed E-state index contributed by atoms with van der Waals surface area (Å²) in [5, 5.41) is 0.734. The van der Waals surface area contributed by atoms with E-state index in [0.717, 1.165) is 17.0 Å². The van der Waals surface area contributed by atoms with Gasteiger partial charge in [-0.05, 0) is 12.1 Å². The average molecular weight is 269 g/mol. The van der Waals surface area contributed by atoms with Crippen LogP contribution in [-0.4, -0.2) is 17.9 Å².